The summed E-state index contributed by atoms with van der Waals surface area (Å²) >= 11 is 0. The number of carbonyl (C=O) groups is 10. The summed E-state index contributed by atoms with van der Waals surface area (Å²) in [6, 6.07) is -4.57. The number of amides is 10. The number of rotatable bonds is 26. The number of hydrogen-bond acceptors (Lipinski definition) is 17. The summed E-state index contributed by atoms with van der Waals surface area (Å²) in [7, 11) is 0. The normalized spacial score (nSPS) is 23.1. The van der Waals surface area contributed by atoms with Gasteiger partial charge in [0.2, 0.25) is 59.1 Å². The van der Waals surface area contributed by atoms with Crippen LogP contribution in [0.2, 0.25) is 0 Å². The Kier molecular flexibility index (Phi) is 31.9. The Bertz CT molecular complexity index is 2090. The Morgan fingerprint density at radius 2 is 1.10 bits per heavy atom. The topological polar surface area (TPSA) is 456 Å². The van der Waals surface area contributed by atoms with Crippen molar-refractivity contribution < 1.29 is 63.3 Å². The van der Waals surface area contributed by atoms with Gasteiger partial charge in [0.1, 0.15) is 54.4 Å². The molecule has 2 unspecified atom stereocenters. The van der Waals surface area contributed by atoms with Gasteiger partial charge in [-0.15, -0.1) is 0 Å². The van der Waals surface area contributed by atoms with Gasteiger partial charge in [-0.1, -0.05) is 63.4 Å². The third-order valence-electron chi connectivity index (χ3n) is 12.7. The van der Waals surface area contributed by atoms with Gasteiger partial charge in [0.05, 0.1) is 12.2 Å². The third kappa shape index (κ3) is 24.5. The van der Waals surface area contributed by atoms with Gasteiger partial charge in [0.25, 0.3) is 0 Å². The highest BCUT2D eigenvalue weighted by molar-refractivity contribution is 5.99. The second-order valence-corrected chi connectivity index (χ2v) is 19.9. The van der Waals surface area contributed by atoms with E-state index >= 15 is 0 Å². The van der Waals surface area contributed by atoms with Crippen LogP contribution in [0.3, 0.4) is 0 Å². The summed E-state index contributed by atoms with van der Waals surface area (Å²) in [5, 5.41) is 55.8. The molecule has 1 aliphatic heterocycles. The molecule has 10 amide bonds. The molecule has 1 aromatic carbocycles. The number of aliphatic hydroxyl groups excluding tert-OH is 3. The van der Waals surface area contributed by atoms with Gasteiger partial charge in [0.15, 0.2) is 0 Å². The van der Waals surface area contributed by atoms with E-state index in [9.17, 15) is 58.2 Å². The summed E-state index contributed by atoms with van der Waals surface area (Å²) < 4.78 is 0. The monoisotopic (exact) mass is 1100 g/mol. The van der Waals surface area contributed by atoms with Crippen LogP contribution in [0.15, 0.2) is 30.3 Å². The van der Waals surface area contributed by atoms with Crippen molar-refractivity contribution in [2.24, 2.45) is 28.9 Å². The molecular weight excluding hydrogens is 1020 g/mol. The van der Waals surface area contributed by atoms with E-state index < -0.39 is 139 Å². The van der Waals surface area contributed by atoms with Gasteiger partial charge in [-0.2, -0.15) is 0 Å². The van der Waals surface area contributed by atoms with E-state index in [1.807, 2.05) is 0 Å². The summed E-state index contributed by atoms with van der Waals surface area (Å²) in [6.07, 6.45) is -0.769. The van der Waals surface area contributed by atoms with E-state index in [2.05, 4.69) is 53.2 Å². The molecule has 78 heavy (non-hydrogen) atoms. The number of benzene rings is 1. The van der Waals surface area contributed by atoms with Crippen LogP contribution in [0.1, 0.15) is 110 Å². The molecule has 27 heteroatoms. The largest absolute Gasteiger partial charge is 0.396 e. The minimum atomic E-state index is -1.66. The molecule has 1 aromatic rings. The fraction of sp³-hybridized carbons (Fsp3) is 0.686. The molecule has 0 aliphatic carbocycles. The molecular formula is C51H88N14O13. The number of unbranched alkanes of at least 4 members (excludes halogenated alkanes) is 4. The van der Waals surface area contributed by atoms with Crippen molar-refractivity contribution in [3.05, 3.63) is 35.9 Å². The van der Waals surface area contributed by atoms with Gasteiger partial charge in [0, 0.05) is 26.0 Å². The number of nitrogens with two attached hydrogens (primary N) is 4. The van der Waals surface area contributed by atoms with Crippen molar-refractivity contribution >= 4 is 59.1 Å². The number of nitrogens with one attached hydrogen (secondary N) is 10. The first kappa shape index (κ1) is 67.7. The first-order chi connectivity index (χ1) is 37.1. The van der Waals surface area contributed by atoms with Gasteiger partial charge >= 0.3 is 0 Å². The predicted molar refractivity (Wildman–Crippen MR) is 287 cm³/mol. The Morgan fingerprint density at radius 1 is 0.603 bits per heavy atom. The standard InChI is InChI=1S/C51H88N14O13/c1-29(2)27-38-48(75)59-33(16-21-52)43(70)58-36(19-24-55)47(74)65-41(30(3)67)50(77)56-25-20-37(46(73)57-34(17-22-53)45(72)63-39(49(76)62-38)28-32-13-9-8-10-14-32)60-44(71)35(18-23-54)61-51(78)42(31(4)68)64-40(69)15-11-6-5-7-12-26-66/h8-10,13-14,29-31,33-39,41-42,66-68H,5-7,11-12,15-28,52-55H2,1-4H3,(H,56,77)(H,57,73)(H,58,70)(H,59,75)(H,60,71)(H,61,78)(H,62,76)(H,63,72)(H,64,69)(H,65,74)/t30?,31?,33-,34-,35-,36-,37-,38-,39+,41-,42-/m0/s1. The smallest absolute Gasteiger partial charge is 0.245 e. The van der Waals surface area contributed by atoms with Crippen molar-refractivity contribution in [2.75, 3.05) is 39.3 Å². The second kappa shape index (κ2) is 36.7. The average molecular weight is 1110 g/mol. The van der Waals surface area contributed by atoms with Crippen LogP contribution >= 0.6 is 0 Å². The quantitative estimate of drug-likeness (QED) is 0.0385. The van der Waals surface area contributed by atoms with E-state index in [1.165, 1.54) is 13.8 Å². The number of carbonyl (C=O) groups excluding carboxylic acids is 10. The van der Waals surface area contributed by atoms with Crippen molar-refractivity contribution in [3.63, 3.8) is 0 Å². The Morgan fingerprint density at radius 3 is 1.63 bits per heavy atom. The van der Waals surface area contributed by atoms with Crippen LogP contribution in [0.4, 0.5) is 0 Å². The van der Waals surface area contributed by atoms with Crippen molar-refractivity contribution in [3.8, 4) is 0 Å². The van der Waals surface area contributed by atoms with E-state index in [1.54, 1.807) is 44.2 Å². The lowest BCUT2D eigenvalue weighted by molar-refractivity contribution is -0.136. The molecule has 1 heterocycles. The van der Waals surface area contributed by atoms with Gasteiger partial charge in [-0.3, -0.25) is 47.9 Å². The molecule has 440 valence electrons. The van der Waals surface area contributed by atoms with Gasteiger partial charge < -0.3 is 91.4 Å². The molecule has 1 aliphatic rings. The first-order valence-corrected chi connectivity index (χ1v) is 26.9. The van der Waals surface area contributed by atoms with Crippen LogP contribution in [0.5, 0.6) is 0 Å². The average Bonchev–Trinajstić information content (AvgIpc) is 3.38. The van der Waals surface area contributed by atoms with Crippen LogP contribution in [-0.4, -0.2) is 180 Å². The van der Waals surface area contributed by atoms with Gasteiger partial charge in [-0.05, 0) is 103 Å². The van der Waals surface area contributed by atoms with E-state index in [0.29, 0.717) is 24.8 Å². The maximum absolute atomic E-state index is 14.4. The van der Waals surface area contributed by atoms with Crippen molar-refractivity contribution in [1.82, 2.24) is 53.2 Å². The van der Waals surface area contributed by atoms with Crippen molar-refractivity contribution in [1.29, 1.82) is 0 Å². The maximum atomic E-state index is 14.4. The molecule has 1 saturated heterocycles. The molecule has 0 radical (unpaired) electrons. The lowest BCUT2D eigenvalue weighted by Gasteiger charge is -2.28. The van der Waals surface area contributed by atoms with Crippen LogP contribution in [0.25, 0.3) is 0 Å². The lowest BCUT2D eigenvalue weighted by Crippen LogP contribution is -2.61. The highest BCUT2D eigenvalue weighted by Gasteiger charge is 2.37. The number of aliphatic hydroxyl groups is 3. The zero-order valence-electron chi connectivity index (χ0n) is 45.5. The molecule has 0 saturated carbocycles. The van der Waals surface area contributed by atoms with E-state index in [0.717, 1.165) is 12.8 Å². The summed E-state index contributed by atoms with van der Waals surface area (Å²) in [5.74, 6) is -8.94. The van der Waals surface area contributed by atoms with Crippen LogP contribution in [0, 0.1) is 5.92 Å². The zero-order chi connectivity index (χ0) is 58.3. The highest BCUT2D eigenvalue weighted by Crippen LogP contribution is 2.12. The fourth-order valence-corrected chi connectivity index (χ4v) is 8.36. The molecule has 21 N–H and O–H groups in total. The van der Waals surface area contributed by atoms with Gasteiger partial charge in [-0.25, -0.2) is 0 Å². The summed E-state index contributed by atoms with van der Waals surface area (Å²) in [6.45, 7) is 5.09. The fourth-order valence-electron chi connectivity index (χ4n) is 8.36. The molecule has 1 fully saturated rings. The van der Waals surface area contributed by atoms with E-state index in [-0.39, 0.29) is 83.6 Å². The minimum Gasteiger partial charge on any atom is -0.396 e. The molecule has 0 spiro atoms. The Labute approximate surface area is 456 Å². The zero-order valence-corrected chi connectivity index (χ0v) is 45.5. The highest BCUT2D eigenvalue weighted by atomic mass is 16.3. The molecule has 11 atom stereocenters. The predicted octanol–water partition coefficient (Wildman–Crippen LogP) is -5.35. The van der Waals surface area contributed by atoms with Crippen molar-refractivity contribution in [2.45, 2.75) is 178 Å². The SMILES string of the molecule is CC(C)C[C@@H]1NC(=O)[C@@H](Cc2ccccc2)NC(=O)[C@H](CCN)NC(=O)[C@@H](NC(=O)[C@H](CCN)NC(=O)[C@@H](NC(=O)CCCCCCCO)C(C)O)CCNC(=O)[C@H](C(C)O)NC(=O)[C@H](CCN)NC(=O)[C@H](CCN)NC1=O. The maximum Gasteiger partial charge on any atom is 0.245 e. The Hall–Kier alpha value is -6.36. The summed E-state index contributed by atoms with van der Waals surface area (Å²) in [5.41, 5.74) is 24.1. The molecule has 2 rings (SSSR count). The minimum absolute atomic E-state index is 0.0323. The molecule has 0 bridgehead atoms. The van der Waals surface area contributed by atoms with Crippen LogP contribution < -0.4 is 76.1 Å². The second-order valence-electron chi connectivity index (χ2n) is 19.9. The Balaban J connectivity index is 2.68. The summed E-state index contributed by atoms with van der Waals surface area (Å²) in [4.78, 5) is 139. The third-order valence-corrected chi connectivity index (χ3v) is 12.7. The first-order valence-electron chi connectivity index (χ1n) is 26.9. The lowest BCUT2D eigenvalue weighted by atomic mass is 10.00. The van der Waals surface area contributed by atoms with E-state index in [4.69, 9.17) is 28.0 Å². The molecule has 27 nitrogen and oxygen atoms in total. The number of hydrogen-bond donors (Lipinski definition) is 17. The molecule has 0 aromatic heterocycles. The van der Waals surface area contributed by atoms with Crippen LogP contribution in [-0.2, 0) is 54.4 Å².